The lowest BCUT2D eigenvalue weighted by Gasteiger charge is -2.39. The van der Waals surface area contributed by atoms with Crippen LogP contribution in [0.25, 0.3) is 22.5 Å². The number of amides is 1. The van der Waals surface area contributed by atoms with Gasteiger partial charge in [-0.1, -0.05) is 86.0 Å². The maximum Gasteiger partial charge on any atom is 0.410 e. The highest BCUT2D eigenvalue weighted by atomic mass is 32.2. The van der Waals surface area contributed by atoms with Gasteiger partial charge in [0.2, 0.25) is 10.0 Å². The molecule has 346 valence electrons. The molecule has 0 N–H and O–H groups in total. The van der Waals surface area contributed by atoms with Crippen molar-refractivity contribution in [3.05, 3.63) is 131 Å². The molecule has 0 unspecified atom stereocenters. The predicted molar refractivity (Wildman–Crippen MR) is 256 cm³/mol. The fourth-order valence-electron chi connectivity index (χ4n) is 8.53. The molecule has 1 aliphatic carbocycles. The molecule has 2 fully saturated rings. The second-order valence-corrected chi connectivity index (χ2v) is 21.1. The maximum absolute atomic E-state index is 16.2. The lowest BCUT2D eigenvalue weighted by atomic mass is 9.83. The molecule has 2 heterocycles. The van der Waals surface area contributed by atoms with Gasteiger partial charge in [-0.3, -0.25) is 0 Å². The predicted octanol–water partition coefficient (Wildman–Crippen LogP) is 10.2. The molecule has 66 heavy (non-hydrogen) atoms. The molecule has 0 bridgehead atoms. The van der Waals surface area contributed by atoms with E-state index in [1.807, 2.05) is 106 Å². The molecule has 0 spiro atoms. The Morgan fingerprint density at radius 3 is 1.80 bits per heavy atom. The highest BCUT2D eigenvalue weighted by Crippen LogP contribution is 2.46. The van der Waals surface area contributed by atoms with Crippen LogP contribution in [-0.2, 0) is 34.4 Å². The summed E-state index contributed by atoms with van der Waals surface area (Å²) in [5, 5.41) is 13.2. The highest BCUT2D eigenvalue weighted by molar-refractivity contribution is 8.00. The number of hydrogen-bond acceptors (Lipinski definition) is 11. The number of benzene rings is 5. The van der Waals surface area contributed by atoms with Crippen molar-refractivity contribution < 1.29 is 32.2 Å². The number of sulfonamides is 1. The number of rotatable bonds is 16. The third kappa shape index (κ3) is 10.9. The van der Waals surface area contributed by atoms with Crippen LogP contribution in [0.4, 0.5) is 4.79 Å². The summed E-state index contributed by atoms with van der Waals surface area (Å²) in [5.41, 5.74) is 4.99. The van der Waals surface area contributed by atoms with Crippen molar-refractivity contribution in [2.45, 2.75) is 99.1 Å². The molecule has 2 aliphatic rings. The normalized spacial score (nSPS) is 14.8. The highest BCUT2D eigenvalue weighted by Gasteiger charge is 2.39. The van der Waals surface area contributed by atoms with Crippen LogP contribution in [0.5, 0.6) is 17.2 Å². The van der Waals surface area contributed by atoms with Gasteiger partial charge in [-0.25, -0.2) is 17.9 Å². The third-order valence-corrected chi connectivity index (χ3v) is 15.3. The number of carbonyl (C=O) groups is 1. The number of aromatic nitrogens is 4. The van der Waals surface area contributed by atoms with Gasteiger partial charge < -0.3 is 23.8 Å². The fourth-order valence-corrected chi connectivity index (χ4v) is 11.9. The molecule has 8 rings (SSSR count). The van der Waals surface area contributed by atoms with Crippen LogP contribution in [-0.4, -0.2) is 89.2 Å². The summed E-state index contributed by atoms with van der Waals surface area (Å²) in [5.74, 6) is 2.83. The smallest absolute Gasteiger partial charge is 0.410 e. The summed E-state index contributed by atoms with van der Waals surface area (Å²) in [6, 6.07) is 34.9. The molecule has 15 heteroatoms. The molecule has 0 atom stereocenters. The van der Waals surface area contributed by atoms with Gasteiger partial charge in [0.1, 0.15) is 27.7 Å². The van der Waals surface area contributed by atoms with Crippen LogP contribution >= 0.6 is 11.8 Å². The lowest BCUT2D eigenvalue weighted by molar-refractivity contribution is 0.0143. The van der Waals surface area contributed by atoms with E-state index in [-0.39, 0.29) is 29.8 Å². The van der Waals surface area contributed by atoms with E-state index in [2.05, 4.69) is 39.8 Å². The quantitative estimate of drug-likeness (QED) is 0.0917. The zero-order valence-electron chi connectivity index (χ0n) is 38.5. The van der Waals surface area contributed by atoms with Gasteiger partial charge in [0, 0.05) is 41.9 Å². The Bertz CT molecular complexity index is 2640. The second-order valence-electron chi connectivity index (χ2n) is 17.9. The number of carbonyl (C=O) groups excluding carboxylic acids is 1. The number of methoxy groups -OCH3 is 3. The van der Waals surface area contributed by atoms with Gasteiger partial charge in [0.15, 0.2) is 5.82 Å². The number of thioether (sulfide) groups is 1. The molecule has 1 aliphatic heterocycles. The standard InChI is InChI=1S/C51H58N6O7S2/c1-51(2,3)64-50(58)55-33-44(34-55)65-46-29-28-45(40-20-18-39(19-21-40)38-10-8-7-9-11-38)47(49-52-53-54-57(49)32-37-16-26-43(63-6)27-17-37)48(46)66(59,60)56(30-35-12-22-41(61-4)23-13-35)31-36-14-24-42(62-5)25-15-36/h12-29,38,44H,7-11,30-34H2,1-6H3. The molecular formula is C51H58N6O7S2. The molecule has 6 aromatic rings. The molecule has 1 saturated carbocycles. The largest absolute Gasteiger partial charge is 0.497 e. The van der Waals surface area contributed by atoms with Gasteiger partial charge in [0.05, 0.1) is 27.9 Å². The van der Waals surface area contributed by atoms with Gasteiger partial charge in [-0.2, -0.15) is 4.31 Å². The van der Waals surface area contributed by atoms with E-state index in [0.717, 1.165) is 35.1 Å². The van der Waals surface area contributed by atoms with Gasteiger partial charge in [-0.05, 0) is 126 Å². The Labute approximate surface area is 392 Å². The fraction of sp³-hybridized carbons (Fsp3) is 0.373. The van der Waals surface area contributed by atoms with Crippen molar-refractivity contribution in [1.82, 2.24) is 29.4 Å². The second kappa shape index (κ2) is 20.3. The number of hydrogen-bond donors (Lipinski definition) is 0. The molecule has 0 radical (unpaired) electrons. The monoisotopic (exact) mass is 930 g/mol. The van der Waals surface area contributed by atoms with Crippen molar-refractivity contribution in [3.8, 4) is 39.8 Å². The number of tetrazole rings is 1. The van der Waals surface area contributed by atoms with E-state index in [1.54, 1.807) is 30.9 Å². The Morgan fingerprint density at radius 1 is 0.727 bits per heavy atom. The summed E-state index contributed by atoms with van der Waals surface area (Å²) >= 11 is 1.43. The minimum Gasteiger partial charge on any atom is -0.497 e. The SMILES string of the molecule is COc1ccc(CN(Cc2ccc(OC)cc2)S(=O)(=O)c2c(SC3CN(C(=O)OC(C)(C)C)C3)ccc(-c3ccc(C4CCCCC4)cc3)c2-c2nnnn2Cc2ccc(OC)cc2)cc1. The molecule has 1 saturated heterocycles. The third-order valence-electron chi connectivity index (χ3n) is 12.1. The van der Waals surface area contributed by atoms with Crippen LogP contribution < -0.4 is 14.2 Å². The van der Waals surface area contributed by atoms with E-state index in [4.69, 9.17) is 18.9 Å². The van der Waals surface area contributed by atoms with Crippen LogP contribution in [0, 0.1) is 0 Å². The summed E-state index contributed by atoms with van der Waals surface area (Å²) in [4.78, 5) is 15.3. The Morgan fingerprint density at radius 2 is 1.27 bits per heavy atom. The molecular weight excluding hydrogens is 873 g/mol. The first kappa shape index (κ1) is 46.6. The summed E-state index contributed by atoms with van der Waals surface area (Å²) < 4.78 is 57.6. The zero-order valence-corrected chi connectivity index (χ0v) is 40.1. The summed E-state index contributed by atoms with van der Waals surface area (Å²) in [6.07, 6.45) is 5.61. The number of nitrogens with zero attached hydrogens (tertiary/aromatic N) is 6. The van der Waals surface area contributed by atoms with Gasteiger partial charge in [0.25, 0.3) is 0 Å². The van der Waals surface area contributed by atoms with E-state index >= 15 is 8.42 Å². The van der Waals surface area contributed by atoms with Crippen molar-refractivity contribution in [1.29, 1.82) is 0 Å². The Balaban J connectivity index is 1.30. The minimum absolute atomic E-state index is 0.0505. The average molecular weight is 931 g/mol. The molecule has 1 aromatic heterocycles. The van der Waals surface area contributed by atoms with Crippen LogP contribution in [0.2, 0.25) is 0 Å². The maximum atomic E-state index is 16.2. The number of likely N-dealkylation sites (tertiary alicyclic amines) is 1. The summed E-state index contributed by atoms with van der Waals surface area (Å²) in [7, 11) is 0.388. The van der Waals surface area contributed by atoms with Crippen LogP contribution in [0.1, 0.15) is 81.0 Å². The summed E-state index contributed by atoms with van der Waals surface area (Å²) in [6.45, 7) is 6.65. The first-order chi connectivity index (χ1) is 31.8. The Kier molecular flexibility index (Phi) is 14.4. The van der Waals surface area contributed by atoms with Crippen molar-refractivity contribution in [2.75, 3.05) is 34.4 Å². The molecule has 13 nitrogen and oxygen atoms in total. The van der Waals surface area contributed by atoms with E-state index < -0.39 is 21.7 Å². The van der Waals surface area contributed by atoms with E-state index in [0.29, 0.717) is 58.1 Å². The van der Waals surface area contributed by atoms with Gasteiger partial charge >= 0.3 is 6.09 Å². The number of ether oxygens (including phenoxy) is 4. The van der Waals surface area contributed by atoms with E-state index in [1.165, 1.54) is 40.9 Å². The van der Waals surface area contributed by atoms with Gasteiger partial charge in [-0.15, -0.1) is 16.9 Å². The molecule has 5 aromatic carbocycles. The van der Waals surface area contributed by atoms with Crippen molar-refractivity contribution in [2.24, 2.45) is 0 Å². The Hall–Kier alpha value is -5.90. The van der Waals surface area contributed by atoms with Crippen LogP contribution in [0.15, 0.2) is 119 Å². The first-order valence-electron chi connectivity index (χ1n) is 22.4. The zero-order chi connectivity index (χ0) is 46.4. The topological polar surface area (TPSA) is 138 Å². The first-order valence-corrected chi connectivity index (χ1v) is 24.7. The van der Waals surface area contributed by atoms with Crippen LogP contribution in [0.3, 0.4) is 0 Å². The van der Waals surface area contributed by atoms with Crippen molar-refractivity contribution in [3.63, 3.8) is 0 Å². The van der Waals surface area contributed by atoms with Crippen molar-refractivity contribution >= 4 is 27.9 Å². The van der Waals surface area contributed by atoms with E-state index in [9.17, 15) is 4.79 Å². The lowest BCUT2D eigenvalue weighted by Crippen LogP contribution is -2.53. The molecule has 1 amide bonds. The average Bonchev–Trinajstić information content (AvgIpc) is 3.77. The minimum atomic E-state index is -4.43.